The molecule has 0 unspecified atom stereocenters. The zero-order chi connectivity index (χ0) is 12.4. The molecule has 2 aromatic rings. The molecule has 1 N–H and O–H groups in total. The van der Waals surface area contributed by atoms with Crippen molar-refractivity contribution in [2.75, 3.05) is 0 Å². The quantitative estimate of drug-likeness (QED) is 0.896. The molecule has 1 aromatic heterocycles. The van der Waals surface area contributed by atoms with Gasteiger partial charge in [-0.3, -0.25) is 0 Å². The number of aliphatic hydroxyl groups is 1. The molecular formula is C14H17NOS. The van der Waals surface area contributed by atoms with E-state index in [9.17, 15) is 0 Å². The molecule has 0 atom stereocenters. The highest BCUT2D eigenvalue weighted by Crippen LogP contribution is 2.28. The Bertz CT molecular complexity index is 499. The molecule has 0 aliphatic rings. The van der Waals surface area contributed by atoms with Crippen molar-refractivity contribution in [3.05, 3.63) is 39.7 Å². The van der Waals surface area contributed by atoms with E-state index in [0.29, 0.717) is 5.92 Å². The van der Waals surface area contributed by atoms with Crippen LogP contribution in [0.5, 0.6) is 0 Å². The molecule has 0 saturated carbocycles. The van der Waals surface area contributed by atoms with Crippen LogP contribution in [0.15, 0.2) is 24.3 Å². The van der Waals surface area contributed by atoms with Crippen molar-refractivity contribution in [1.29, 1.82) is 0 Å². The summed E-state index contributed by atoms with van der Waals surface area (Å²) in [5.74, 6) is 0.550. The Morgan fingerprint density at radius 1 is 1.24 bits per heavy atom. The summed E-state index contributed by atoms with van der Waals surface area (Å²) in [6.07, 6.45) is 0. The number of hydrogen-bond donors (Lipinski definition) is 1. The van der Waals surface area contributed by atoms with Gasteiger partial charge in [0, 0.05) is 10.4 Å². The maximum absolute atomic E-state index is 9.09. The topological polar surface area (TPSA) is 33.1 Å². The number of aromatic nitrogens is 1. The van der Waals surface area contributed by atoms with Gasteiger partial charge in [0.15, 0.2) is 0 Å². The second-order valence-corrected chi connectivity index (χ2v) is 5.73. The van der Waals surface area contributed by atoms with Gasteiger partial charge in [0.05, 0.1) is 12.3 Å². The molecule has 0 aliphatic heterocycles. The van der Waals surface area contributed by atoms with Gasteiger partial charge in [-0.25, -0.2) is 4.98 Å². The molecule has 0 spiro atoms. The molecule has 90 valence electrons. The summed E-state index contributed by atoms with van der Waals surface area (Å²) >= 11 is 1.56. The molecule has 3 heteroatoms. The lowest BCUT2D eigenvalue weighted by Gasteiger charge is -2.06. The highest BCUT2D eigenvalue weighted by molar-refractivity contribution is 7.12. The maximum Gasteiger partial charge on any atom is 0.119 e. The molecule has 0 fully saturated rings. The van der Waals surface area contributed by atoms with Gasteiger partial charge < -0.3 is 5.11 Å². The maximum atomic E-state index is 9.09. The van der Waals surface area contributed by atoms with Gasteiger partial charge in [0.1, 0.15) is 5.01 Å². The summed E-state index contributed by atoms with van der Waals surface area (Å²) in [6.45, 7) is 6.44. The van der Waals surface area contributed by atoms with E-state index >= 15 is 0 Å². The fourth-order valence-electron chi connectivity index (χ4n) is 1.81. The van der Waals surface area contributed by atoms with Crippen LogP contribution in [0.1, 0.15) is 35.2 Å². The molecule has 1 aromatic carbocycles. The summed E-state index contributed by atoms with van der Waals surface area (Å²) in [7, 11) is 0. The third-order valence-electron chi connectivity index (χ3n) is 2.83. The first-order chi connectivity index (χ1) is 8.11. The number of hydrogen-bond acceptors (Lipinski definition) is 3. The van der Waals surface area contributed by atoms with Crippen molar-refractivity contribution in [2.24, 2.45) is 0 Å². The molecule has 0 aliphatic carbocycles. The van der Waals surface area contributed by atoms with Gasteiger partial charge in [-0.05, 0) is 18.4 Å². The van der Waals surface area contributed by atoms with Crippen LogP contribution < -0.4 is 0 Å². The summed E-state index contributed by atoms with van der Waals surface area (Å²) in [6, 6.07) is 8.52. The minimum Gasteiger partial charge on any atom is -0.389 e. The zero-order valence-corrected chi connectivity index (χ0v) is 11.2. The van der Waals surface area contributed by atoms with Crippen molar-refractivity contribution in [3.8, 4) is 11.3 Å². The monoisotopic (exact) mass is 247 g/mol. The Morgan fingerprint density at radius 2 is 1.88 bits per heavy atom. The number of aliphatic hydroxyl groups excluding tert-OH is 1. The van der Waals surface area contributed by atoms with Crippen LogP contribution in [0.3, 0.4) is 0 Å². The van der Waals surface area contributed by atoms with Crippen LogP contribution in [0.4, 0.5) is 0 Å². The molecule has 0 radical (unpaired) electrons. The summed E-state index contributed by atoms with van der Waals surface area (Å²) in [5.41, 5.74) is 3.46. The lowest BCUT2D eigenvalue weighted by atomic mass is 10.0. The molecule has 1 heterocycles. The zero-order valence-electron chi connectivity index (χ0n) is 10.4. The molecule has 2 nitrogen and oxygen atoms in total. The highest BCUT2D eigenvalue weighted by atomic mass is 32.1. The minimum atomic E-state index is 0.0234. The number of thiazole rings is 1. The van der Waals surface area contributed by atoms with Crippen molar-refractivity contribution in [1.82, 2.24) is 4.98 Å². The van der Waals surface area contributed by atoms with E-state index in [0.717, 1.165) is 21.1 Å². The molecular weight excluding hydrogens is 230 g/mol. The fraction of sp³-hybridized carbons (Fsp3) is 0.357. The number of nitrogens with zero attached hydrogens (tertiary/aromatic N) is 1. The standard InChI is InChI=1S/C14H17NOS/c1-9(2)11-4-6-12(7-5-11)14-10(3)17-13(8-16)15-14/h4-7,9,16H,8H2,1-3H3. The highest BCUT2D eigenvalue weighted by Gasteiger charge is 2.09. The predicted octanol–water partition coefficient (Wildman–Crippen LogP) is 3.73. The van der Waals surface area contributed by atoms with Gasteiger partial charge in [-0.2, -0.15) is 0 Å². The molecule has 2 rings (SSSR count). The van der Waals surface area contributed by atoms with Crippen LogP contribution in [0, 0.1) is 6.92 Å². The lowest BCUT2D eigenvalue weighted by Crippen LogP contribution is -1.88. The van der Waals surface area contributed by atoms with Gasteiger partial charge in [0.25, 0.3) is 0 Å². The fourth-order valence-corrected chi connectivity index (χ4v) is 2.63. The van der Waals surface area contributed by atoms with E-state index in [4.69, 9.17) is 5.11 Å². The minimum absolute atomic E-state index is 0.0234. The van der Waals surface area contributed by atoms with E-state index in [1.165, 1.54) is 5.56 Å². The van der Waals surface area contributed by atoms with Gasteiger partial charge in [-0.1, -0.05) is 38.1 Å². The number of aryl methyl sites for hydroxylation is 1. The molecule has 0 amide bonds. The molecule has 17 heavy (non-hydrogen) atoms. The van der Waals surface area contributed by atoms with Crippen LogP contribution in [0.25, 0.3) is 11.3 Å². The van der Waals surface area contributed by atoms with Crippen LogP contribution >= 0.6 is 11.3 Å². The SMILES string of the molecule is Cc1sc(CO)nc1-c1ccc(C(C)C)cc1. The largest absolute Gasteiger partial charge is 0.389 e. The Kier molecular flexibility index (Phi) is 3.60. The summed E-state index contributed by atoms with van der Waals surface area (Å²) in [4.78, 5) is 5.60. The van der Waals surface area contributed by atoms with Crippen molar-refractivity contribution < 1.29 is 5.11 Å². The Morgan fingerprint density at radius 3 is 2.35 bits per heavy atom. The predicted molar refractivity (Wildman–Crippen MR) is 72.3 cm³/mol. The average Bonchev–Trinajstić information content (AvgIpc) is 2.71. The normalized spacial score (nSPS) is 11.1. The van der Waals surface area contributed by atoms with Crippen LogP contribution in [-0.2, 0) is 6.61 Å². The van der Waals surface area contributed by atoms with Crippen molar-refractivity contribution in [2.45, 2.75) is 33.3 Å². The first-order valence-corrected chi connectivity index (χ1v) is 6.61. The third kappa shape index (κ3) is 2.56. The first-order valence-electron chi connectivity index (χ1n) is 5.79. The lowest BCUT2D eigenvalue weighted by molar-refractivity contribution is 0.281. The number of benzene rings is 1. The van der Waals surface area contributed by atoms with Crippen LogP contribution in [0.2, 0.25) is 0 Å². The Hall–Kier alpha value is -1.19. The van der Waals surface area contributed by atoms with Crippen molar-refractivity contribution in [3.63, 3.8) is 0 Å². The third-order valence-corrected chi connectivity index (χ3v) is 3.78. The summed E-state index contributed by atoms with van der Waals surface area (Å²) < 4.78 is 0. The van der Waals surface area contributed by atoms with E-state index in [-0.39, 0.29) is 6.61 Å². The van der Waals surface area contributed by atoms with Gasteiger partial charge in [0.2, 0.25) is 0 Å². The first kappa shape index (κ1) is 12.3. The van der Waals surface area contributed by atoms with Crippen molar-refractivity contribution >= 4 is 11.3 Å². The van der Waals surface area contributed by atoms with Gasteiger partial charge in [-0.15, -0.1) is 11.3 Å². The Balaban J connectivity index is 2.36. The van der Waals surface area contributed by atoms with E-state index in [1.54, 1.807) is 11.3 Å². The molecule has 0 saturated heterocycles. The van der Waals surface area contributed by atoms with E-state index < -0.39 is 0 Å². The second-order valence-electron chi connectivity index (χ2n) is 4.45. The van der Waals surface area contributed by atoms with E-state index in [1.807, 2.05) is 6.92 Å². The average molecular weight is 247 g/mol. The van der Waals surface area contributed by atoms with E-state index in [2.05, 4.69) is 43.1 Å². The van der Waals surface area contributed by atoms with Crippen LogP contribution in [-0.4, -0.2) is 10.1 Å². The number of rotatable bonds is 3. The summed E-state index contributed by atoms with van der Waals surface area (Å²) in [5, 5.41) is 9.87. The second kappa shape index (κ2) is 4.98. The Labute approximate surface area is 106 Å². The molecule has 0 bridgehead atoms. The van der Waals surface area contributed by atoms with Gasteiger partial charge >= 0.3 is 0 Å². The smallest absolute Gasteiger partial charge is 0.119 e.